The Bertz CT molecular complexity index is 2050. The monoisotopic (exact) mass is 1040 g/mol. The molecule has 8 atom stereocenters. The van der Waals surface area contributed by atoms with Gasteiger partial charge in [-0.3, -0.25) is 38.4 Å². The number of carboxylic acids is 2. The van der Waals surface area contributed by atoms with E-state index in [9.17, 15) is 66.8 Å². The smallest absolute Gasteiger partial charge is 0.544 e. The maximum Gasteiger partial charge on any atom is 1.00 e. The van der Waals surface area contributed by atoms with Crippen LogP contribution in [0, 0.1) is 0 Å². The molecule has 32 nitrogen and oxygen atoms in total. The molecule has 2 aromatic rings. The number of amides is 4. The van der Waals surface area contributed by atoms with E-state index in [-0.39, 0.29) is 119 Å². The molecule has 38 heteroatoms. The zero-order valence-corrected chi connectivity index (χ0v) is 43.3. The van der Waals surface area contributed by atoms with Crippen LogP contribution in [0.25, 0.3) is 0 Å². The molecule has 356 valence electrons. The van der Waals surface area contributed by atoms with E-state index < -0.39 is 133 Å². The summed E-state index contributed by atoms with van der Waals surface area (Å²) in [5.74, 6) is -10.2. The van der Waals surface area contributed by atoms with Crippen LogP contribution in [0.4, 0.5) is 0 Å². The Morgan fingerprint density at radius 3 is 1.38 bits per heavy atom. The molecule has 0 bridgehead atoms. The van der Waals surface area contributed by atoms with Gasteiger partial charge >= 0.3 is 71.1 Å². The minimum atomic E-state index is -3.12. The summed E-state index contributed by atoms with van der Waals surface area (Å²) in [6.07, 6.45) is -1.28. The van der Waals surface area contributed by atoms with Crippen LogP contribution in [-0.2, 0) is 66.6 Å². The van der Waals surface area contributed by atoms with Crippen molar-refractivity contribution in [2.24, 2.45) is 0 Å². The molecular weight excluding hydrogens is 996 g/mol. The van der Waals surface area contributed by atoms with Crippen LogP contribution in [0.15, 0.2) is 10.3 Å². The van der Waals surface area contributed by atoms with Crippen molar-refractivity contribution < 1.29 is 155 Å². The number of ether oxygens (including phenoxy) is 2. The number of nitrogens with zero attached hydrogens (tertiary/aromatic N) is 10. The second-order valence-corrected chi connectivity index (χ2v) is 21.3. The normalized spacial score (nSPS) is 25.4. The van der Waals surface area contributed by atoms with Crippen LogP contribution in [0.5, 0.6) is 0 Å². The number of aromatic nitrogens is 8. The van der Waals surface area contributed by atoms with E-state index in [1.54, 1.807) is 13.8 Å². The van der Waals surface area contributed by atoms with E-state index in [0.717, 1.165) is 9.69 Å². The molecule has 0 radical (unpaired) electrons. The Hall–Kier alpha value is -3.50. The number of carboxylic acid groups (broad SMARTS) is 2. The topological polar surface area (TPSA) is 430 Å². The molecule has 4 amide bonds. The SMILES string of the molecule is CCOn1nnnc1S(O)(C[PH2]=O)CC(=O)N[C@H]1CON(C2(C(=O)[O-])CCC(=O)O2)C1=O.CCOn1nnnc1S(O)(C[PH2]=O)CC(=O)N[C@H]1CON(C2(C(=O)[O-])CCC(=O)O2)C1=O.[Na+].[Na+]. The molecule has 0 saturated carbocycles. The number of cyclic esters (lactones) is 2. The summed E-state index contributed by atoms with van der Waals surface area (Å²) >= 11 is 0. The van der Waals surface area contributed by atoms with Crippen LogP contribution in [0.1, 0.15) is 39.5 Å². The van der Waals surface area contributed by atoms with E-state index in [2.05, 4.69) is 41.7 Å². The number of hydrogen-bond donors (Lipinski definition) is 4. The number of tetrazole rings is 2. The van der Waals surface area contributed by atoms with Crippen LogP contribution < -0.4 is 89.6 Å². The van der Waals surface area contributed by atoms with Crippen molar-refractivity contribution in [2.45, 2.75) is 73.4 Å². The number of carbonyl (C=O) groups is 8. The molecular formula is C28H40N12Na2O20P2S2. The fourth-order valence-corrected chi connectivity index (χ4v) is 12.6. The summed E-state index contributed by atoms with van der Waals surface area (Å²) < 4.78 is 54.2. The van der Waals surface area contributed by atoms with Crippen LogP contribution in [-0.4, -0.2) is 180 Å². The third-order valence-electron chi connectivity index (χ3n) is 9.04. The number of hydrogen-bond acceptors (Lipinski definition) is 26. The van der Waals surface area contributed by atoms with Gasteiger partial charge in [0.1, 0.15) is 50.4 Å². The molecule has 4 aliphatic heterocycles. The van der Waals surface area contributed by atoms with Gasteiger partial charge in [0, 0.05) is 12.8 Å². The molecule has 4 fully saturated rings. The second kappa shape index (κ2) is 24.2. The molecule has 6 unspecified atom stereocenters. The van der Waals surface area contributed by atoms with Crippen molar-refractivity contribution in [1.82, 2.24) is 61.5 Å². The number of hydroxylamine groups is 4. The summed E-state index contributed by atoms with van der Waals surface area (Å²) in [5, 5.41) is 49.3. The molecule has 66 heavy (non-hydrogen) atoms. The van der Waals surface area contributed by atoms with Gasteiger partial charge in [-0.05, 0) is 34.7 Å². The molecule has 4 aliphatic rings. The van der Waals surface area contributed by atoms with Gasteiger partial charge in [-0.15, -0.1) is 0 Å². The second-order valence-electron chi connectivity index (χ2n) is 13.3. The summed E-state index contributed by atoms with van der Waals surface area (Å²) in [4.78, 5) is 119. The average molecular weight is 1040 g/mol. The zero-order chi connectivity index (χ0) is 47.0. The van der Waals surface area contributed by atoms with Crippen LogP contribution in [0.3, 0.4) is 0 Å². The van der Waals surface area contributed by atoms with Crippen molar-refractivity contribution in [3.8, 4) is 0 Å². The van der Waals surface area contributed by atoms with Crippen molar-refractivity contribution in [2.75, 3.05) is 48.9 Å². The molecule has 0 aromatic carbocycles. The minimum absolute atomic E-state index is 0. The summed E-state index contributed by atoms with van der Waals surface area (Å²) in [7, 11) is -9.22. The summed E-state index contributed by atoms with van der Waals surface area (Å²) in [5.41, 5.74) is -5.41. The van der Waals surface area contributed by atoms with Crippen LogP contribution >= 0.6 is 37.5 Å². The van der Waals surface area contributed by atoms with Gasteiger partial charge in [0.05, 0.1) is 52.3 Å². The predicted molar refractivity (Wildman–Crippen MR) is 203 cm³/mol. The van der Waals surface area contributed by atoms with Crippen molar-refractivity contribution in [3.05, 3.63) is 0 Å². The molecule has 2 aromatic heterocycles. The third-order valence-corrected chi connectivity index (χ3v) is 17.9. The van der Waals surface area contributed by atoms with Crippen molar-refractivity contribution in [1.29, 1.82) is 0 Å². The Labute approximate surface area is 420 Å². The maximum atomic E-state index is 12.6. The molecule has 4 saturated heterocycles. The van der Waals surface area contributed by atoms with E-state index in [1.807, 2.05) is 0 Å². The van der Waals surface area contributed by atoms with Gasteiger partial charge < -0.3 is 67.8 Å². The number of aliphatic carboxylic acids is 2. The average Bonchev–Trinajstić information content (AvgIpc) is 4.10. The Balaban J connectivity index is 0.000000340. The van der Waals surface area contributed by atoms with Crippen molar-refractivity contribution >= 4 is 85.0 Å². The number of nitrogens with one attached hydrogen (secondary N) is 2. The number of carbonyl (C=O) groups excluding carboxylic acids is 8. The fraction of sp³-hybridized carbons (Fsp3) is 0.643. The van der Waals surface area contributed by atoms with E-state index in [0.29, 0.717) is 10.1 Å². The van der Waals surface area contributed by atoms with E-state index in [4.69, 9.17) is 28.8 Å². The first-order valence-electron chi connectivity index (χ1n) is 18.5. The minimum Gasteiger partial charge on any atom is -0.544 e. The Morgan fingerprint density at radius 2 is 1.09 bits per heavy atom. The molecule has 6 heterocycles. The van der Waals surface area contributed by atoms with Gasteiger partial charge in [-0.25, -0.2) is 0 Å². The molecule has 6 rings (SSSR count). The molecule has 0 aliphatic carbocycles. The largest absolute Gasteiger partial charge is 1.00 e. The maximum absolute atomic E-state index is 12.6. The Kier molecular flexibility index (Phi) is 20.8. The first-order valence-corrected chi connectivity index (χ1v) is 24.9. The van der Waals surface area contributed by atoms with Gasteiger partial charge in [0.2, 0.25) is 11.8 Å². The van der Waals surface area contributed by atoms with Crippen LogP contribution in [0.2, 0.25) is 0 Å². The first kappa shape index (κ1) is 56.8. The molecule has 0 spiro atoms. The number of esters is 2. The van der Waals surface area contributed by atoms with E-state index >= 15 is 0 Å². The van der Waals surface area contributed by atoms with E-state index in [1.165, 1.54) is 0 Å². The standard InChI is InChI=1S/2C14H21N6O10PS.2Na/c2*1-2-28-20-13(16-17-18-20)32(27,7-31-26)6-9(21)15-8-5-29-19(11(8)23)14(12(24)25)4-3-10(22)30-14;;/h2*8,27H,2-7,31H2,1H3,(H,15,21)(H,24,25);;/q;;2*+1/p-2/t2*8-,14?;;/m00../s1. The molecule has 4 N–H and O–H groups in total. The number of rotatable bonds is 20. The third kappa shape index (κ3) is 12.2. The van der Waals surface area contributed by atoms with Gasteiger partial charge in [-0.2, -0.15) is 10.1 Å². The first-order chi connectivity index (χ1) is 30.3. The summed E-state index contributed by atoms with van der Waals surface area (Å²) in [6, 6.07) is -2.66. The predicted octanol–water partition coefficient (Wildman–Crippen LogP) is -13.0. The van der Waals surface area contributed by atoms with Gasteiger partial charge in [0.15, 0.2) is 0 Å². The fourth-order valence-electron chi connectivity index (χ4n) is 6.20. The quantitative estimate of drug-likeness (QED) is 0.0543. The Morgan fingerprint density at radius 1 is 0.727 bits per heavy atom. The van der Waals surface area contributed by atoms with Crippen molar-refractivity contribution in [3.63, 3.8) is 0 Å². The summed E-state index contributed by atoms with van der Waals surface area (Å²) in [6.45, 7) is 2.69. The van der Waals surface area contributed by atoms with Gasteiger partial charge in [-0.1, -0.05) is 40.5 Å². The van der Waals surface area contributed by atoms with Gasteiger partial charge in [0.25, 0.3) is 33.6 Å². The zero-order valence-electron chi connectivity index (χ0n) is 35.3.